The van der Waals surface area contributed by atoms with Crippen molar-refractivity contribution in [2.75, 3.05) is 17.1 Å². The number of halogens is 1. The molecule has 0 spiro atoms. The first kappa shape index (κ1) is 29.6. The van der Waals surface area contributed by atoms with Gasteiger partial charge < -0.3 is 10.2 Å². The second kappa shape index (κ2) is 12.1. The summed E-state index contributed by atoms with van der Waals surface area (Å²) >= 11 is 6.34. The molecule has 2 rings (SSSR count). The van der Waals surface area contributed by atoms with Crippen molar-refractivity contribution in [3.63, 3.8) is 0 Å². The van der Waals surface area contributed by atoms with Crippen LogP contribution in [0.3, 0.4) is 0 Å². The summed E-state index contributed by atoms with van der Waals surface area (Å²) in [4.78, 5) is 27.9. The van der Waals surface area contributed by atoms with Crippen molar-refractivity contribution in [2.24, 2.45) is 0 Å². The summed E-state index contributed by atoms with van der Waals surface area (Å²) in [5.74, 6) is -0.822. The van der Waals surface area contributed by atoms with Crippen molar-refractivity contribution < 1.29 is 18.0 Å². The van der Waals surface area contributed by atoms with Gasteiger partial charge in [-0.3, -0.25) is 13.9 Å². The van der Waals surface area contributed by atoms with Gasteiger partial charge in [-0.15, -0.1) is 0 Å². The number of carbonyl (C=O) groups excluding carboxylic acids is 2. The number of anilines is 1. The largest absolute Gasteiger partial charge is 0.352 e. The fraction of sp³-hybridized carbons (Fsp3) is 0.481. The highest BCUT2D eigenvalue weighted by Crippen LogP contribution is 2.26. The molecule has 7 nitrogen and oxygen atoms in total. The number of nitrogens with zero attached hydrogens (tertiary/aromatic N) is 2. The van der Waals surface area contributed by atoms with Gasteiger partial charge >= 0.3 is 0 Å². The van der Waals surface area contributed by atoms with E-state index in [0.717, 1.165) is 22.5 Å². The maximum atomic E-state index is 13.6. The minimum atomic E-state index is -3.79. The number of amides is 2. The highest BCUT2D eigenvalue weighted by atomic mass is 35.5. The number of benzene rings is 2. The minimum absolute atomic E-state index is 0.0637. The van der Waals surface area contributed by atoms with E-state index in [-0.39, 0.29) is 23.9 Å². The molecule has 0 aromatic heterocycles. The van der Waals surface area contributed by atoms with Crippen LogP contribution in [0.2, 0.25) is 5.02 Å². The molecule has 0 aliphatic carbocycles. The molecule has 2 amide bonds. The van der Waals surface area contributed by atoms with E-state index in [4.69, 9.17) is 11.6 Å². The van der Waals surface area contributed by atoms with Gasteiger partial charge in [0.2, 0.25) is 21.8 Å². The smallest absolute Gasteiger partial charge is 0.244 e. The molecule has 1 N–H and O–H groups in total. The van der Waals surface area contributed by atoms with Gasteiger partial charge in [0.25, 0.3) is 0 Å². The van der Waals surface area contributed by atoms with E-state index in [2.05, 4.69) is 26.1 Å². The molecule has 198 valence electrons. The van der Waals surface area contributed by atoms with Crippen LogP contribution in [0, 0.1) is 0 Å². The Morgan fingerprint density at radius 3 is 2.11 bits per heavy atom. The van der Waals surface area contributed by atoms with Crippen LogP contribution in [0.1, 0.15) is 59.1 Å². The lowest BCUT2D eigenvalue weighted by Gasteiger charge is -2.32. The average Bonchev–Trinajstić information content (AvgIpc) is 2.80. The highest BCUT2D eigenvalue weighted by Gasteiger charge is 2.31. The van der Waals surface area contributed by atoms with Crippen molar-refractivity contribution in [3.05, 3.63) is 64.7 Å². The van der Waals surface area contributed by atoms with Gasteiger partial charge in [-0.05, 0) is 55.0 Å². The normalized spacial score (nSPS) is 13.6. The molecule has 0 saturated carbocycles. The fourth-order valence-electron chi connectivity index (χ4n) is 3.60. The second-order valence-corrected chi connectivity index (χ2v) is 12.5. The number of rotatable bonds is 10. The summed E-state index contributed by atoms with van der Waals surface area (Å²) in [5, 5.41) is 3.36. The molecule has 0 heterocycles. The maximum Gasteiger partial charge on any atom is 0.244 e. The highest BCUT2D eigenvalue weighted by molar-refractivity contribution is 7.92. The van der Waals surface area contributed by atoms with E-state index in [1.54, 1.807) is 43.3 Å². The molecule has 0 aliphatic rings. The molecule has 0 fully saturated rings. The minimum Gasteiger partial charge on any atom is -0.352 e. The van der Waals surface area contributed by atoms with Gasteiger partial charge in [-0.2, -0.15) is 0 Å². The third kappa shape index (κ3) is 7.96. The molecule has 0 bridgehead atoms. The lowest BCUT2D eigenvalue weighted by Crippen LogP contribution is -2.52. The Balaban J connectivity index is 2.41. The predicted octanol–water partition coefficient (Wildman–Crippen LogP) is 4.74. The van der Waals surface area contributed by atoms with Crippen LogP contribution in [-0.4, -0.2) is 50.0 Å². The molecule has 36 heavy (non-hydrogen) atoms. The zero-order valence-electron chi connectivity index (χ0n) is 22.2. The molecule has 2 atom stereocenters. The first-order valence-corrected chi connectivity index (χ1v) is 14.3. The average molecular weight is 536 g/mol. The maximum absolute atomic E-state index is 13.6. The summed E-state index contributed by atoms with van der Waals surface area (Å²) in [6, 6.07) is 13.3. The first-order valence-electron chi connectivity index (χ1n) is 12.1. The van der Waals surface area contributed by atoms with Crippen LogP contribution in [0.15, 0.2) is 48.5 Å². The summed E-state index contributed by atoms with van der Waals surface area (Å²) in [5.41, 5.74) is 1.99. The van der Waals surface area contributed by atoms with E-state index < -0.39 is 28.5 Å². The van der Waals surface area contributed by atoms with E-state index in [1.807, 2.05) is 26.0 Å². The fourth-order valence-corrected chi connectivity index (χ4v) is 4.64. The van der Waals surface area contributed by atoms with Crippen LogP contribution in [-0.2, 0) is 31.6 Å². The molecule has 0 saturated heterocycles. The summed E-state index contributed by atoms with van der Waals surface area (Å²) in [7, 11) is -3.79. The van der Waals surface area contributed by atoms with Crippen LogP contribution < -0.4 is 9.62 Å². The molecule has 0 aliphatic heterocycles. The van der Waals surface area contributed by atoms with E-state index in [1.165, 1.54) is 4.90 Å². The summed E-state index contributed by atoms with van der Waals surface area (Å²) in [6.45, 7) is 11.3. The standard InChI is InChI=1S/C27H38ClN3O4S/c1-8-19(2)29-26(33)20(3)30(17-21-11-9-10-12-24(21)28)25(32)18-31(36(7,34)35)23-15-13-22(14-16-23)27(4,5)6/h9-16,19-20H,8,17-18H2,1-7H3,(H,29,33)/t19-,20-/m1/s1. The molecular formula is C27H38ClN3O4S. The molecule has 2 aromatic rings. The third-order valence-electron chi connectivity index (χ3n) is 6.17. The van der Waals surface area contributed by atoms with Crippen LogP contribution >= 0.6 is 11.6 Å². The van der Waals surface area contributed by atoms with Crippen LogP contribution in [0.25, 0.3) is 0 Å². The number of hydrogen-bond donors (Lipinski definition) is 1. The number of sulfonamides is 1. The van der Waals surface area contributed by atoms with E-state index >= 15 is 0 Å². The van der Waals surface area contributed by atoms with Crippen molar-refractivity contribution in [2.45, 2.75) is 72.0 Å². The predicted molar refractivity (Wildman–Crippen MR) is 147 cm³/mol. The summed E-state index contributed by atoms with van der Waals surface area (Å²) in [6.07, 6.45) is 1.80. The van der Waals surface area contributed by atoms with E-state index in [9.17, 15) is 18.0 Å². The molecule has 2 aromatic carbocycles. The Hall–Kier alpha value is -2.58. The summed E-state index contributed by atoms with van der Waals surface area (Å²) < 4.78 is 26.5. The van der Waals surface area contributed by atoms with Gasteiger partial charge in [0.1, 0.15) is 12.6 Å². The SMILES string of the molecule is CC[C@@H](C)NC(=O)[C@@H](C)N(Cc1ccccc1Cl)C(=O)CN(c1ccc(C(C)(C)C)cc1)S(C)(=O)=O. The lowest BCUT2D eigenvalue weighted by atomic mass is 9.87. The quantitative estimate of drug-likeness (QED) is 0.476. The van der Waals surface area contributed by atoms with Crippen LogP contribution in [0.4, 0.5) is 5.69 Å². The van der Waals surface area contributed by atoms with Gasteiger partial charge in [0.05, 0.1) is 11.9 Å². The first-order chi connectivity index (χ1) is 16.6. The number of nitrogens with one attached hydrogen (secondary N) is 1. The molecule has 0 unspecified atom stereocenters. The van der Waals surface area contributed by atoms with Gasteiger partial charge in [0, 0.05) is 17.6 Å². The van der Waals surface area contributed by atoms with Gasteiger partial charge in [-0.25, -0.2) is 8.42 Å². The molecule has 9 heteroatoms. The van der Waals surface area contributed by atoms with Crippen LogP contribution in [0.5, 0.6) is 0 Å². The number of carbonyl (C=O) groups is 2. The Morgan fingerprint density at radius 2 is 1.61 bits per heavy atom. The Labute approximate surface area is 220 Å². The Morgan fingerprint density at radius 1 is 1.03 bits per heavy atom. The van der Waals surface area contributed by atoms with Crippen molar-refractivity contribution in [1.82, 2.24) is 10.2 Å². The van der Waals surface area contributed by atoms with E-state index in [0.29, 0.717) is 16.3 Å². The molecule has 0 radical (unpaired) electrons. The zero-order chi connectivity index (χ0) is 27.3. The zero-order valence-corrected chi connectivity index (χ0v) is 23.8. The number of hydrogen-bond acceptors (Lipinski definition) is 4. The monoisotopic (exact) mass is 535 g/mol. The van der Waals surface area contributed by atoms with Crippen molar-refractivity contribution in [1.29, 1.82) is 0 Å². The second-order valence-electron chi connectivity index (χ2n) is 10.2. The van der Waals surface area contributed by atoms with Gasteiger partial charge in [-0.1, -0.05) is 69.6 Å². The van der Waals surface area contributed by atoms with Gasteiger partial charge in [0.15, 0.2) is 0 Å². The topological polar surface area (TPSA) is 86.8 Å². The Bertz CT molecular complexity index is 1160. The lowest BCUT2D eigenvalue weighted by molar-refractivity contribution is -0.139. The third-order valence-corrected chi connectivity index (χ3v) is 7.68. The Kier molecular flexibility index (Phi) is 9.97. The van der Waals surface area contributed by atoms with Crippen molar-refractivity contribution >= 4 is 39.1 Å². The molecular weight excluding hydrogens is 498 g/mol. The van der Waals surface area contributed by atoms with Crippen molar-refractivity contribution in [3.8, 4) is 0 Å².